The Kier molecular flexibility index (Phi) is 4.62. The first-order valence-corrected chi connectivity index (χ1v) is 12.1. The van der Waals surface area contributed by atoms with Crippen LogP contribution < -0.4 is 25.6 Å². The number of carbonyl (C=O) groups excluding carboxylic acids is 1. The zero-order valence-corrected chi connectivity index (χ0v) is 17.8. The lowest BCUT2D eigenvalue weighted by atomic mass is 10.1. The van der Waals surface area contributed by atoms with E-state index in [1.165, 1.54) is 11.8 Å². The van der Waals surface area contributed by atoms with Crippen LogP contribution in [0, 0.1) is 0 Å². The van der Waals surface area contributed by atoms with Gasteiger partial charge in [0.2, 0.25) is 5.91 Å². The molecule has 0 radical (unpaired) electrons. The Hall–Kier alpha value is -2.73. The number of hydrogen-bond acceptors (Lipinski definition) is 5. The van der Waals surface area contributed by atoms with Gasteiger partial charge in [-0.25, -0.2) is 0 Å². The standard InChI is InChI=1S/C22H19N2O4PS/c1-28-16-9-6-14(7-10-16)22-24(21(25)13-30-22)15-8-11-18-20(12-15)29(26,27)19-5-3-2-4-17(19)23-18/h2-12,22-23H,13H2,1H3,(H,26,27). The second-order valence-corrected chi connectivity index (χ2v) is 10.3. The number of carbonyl (C=O) groups is 1. The number of fused-ring (bicyclic) bond motifs is 2. The summed E-state index contributed by atoms with van der Waals surface area (Å²) >= 11 is 1.53. The Morgan fingerprint density at radius 1 is 1.07 bits per heavy atom. The van der Waals surface area contributed by atoms with E-state index in [9.17, 15) is 14.3 Å². The van der Waals surface area contributed by atoms with Gasteiger partial charge in [-0.15, -0.1) is 11.8 Å². The summed E-state index contributed by atoms with van der Waals surface area (Å²) in [5, 5.41) is 3.72. The van der Waals surface area contributed by atoms with Gasteiger partial charge in [-0.05, 0) is 48.0 Å². The van der Waals surface area contributed by atoms with Crippen LogP contribution in [0.5, 0.6) is 5.75 Å². The van der Waals surface area contributed by atoms with E-state index < -0.39 is 7.37 Å². The lowest BCUT2D eigenvalue weighted by molar-refractivity contribution is -0.115. The molecule has 2 unspecified atom stereocenters. The number of benzene rings is 3. The van der Waals surface area contributed by atoms with Crippen molar-refractivity contribution in [3.05, 3.63) is 72.3 Å². The number of methoxy groups -OCH3 is 1. The average molecular weight is 438 g/mol. The average Bonchev–Trinajstić information content (AvgIpc) is 3.15. The molecule has 2 aliphatic rings. The fraction of sp³-hybridized carbons (Fsp3) is 0.136. The van der Waals surface area contributed by atoms with Crippen LogP contribution in [-0.4, -0.2) is 23.7 Å². The van der Waals surface area contributed by atoms with Crippen LogP contribution in [0.4, 0.5) is 17.1 Å². The van der Waals surface area contributed by atoms with Crippen LogP contribution in [0.15, 0.2) is 66.7 Å². The fourth-order valence-corrected chi connectivity index (χ4v) is 6.81. The van der Waals surface area contributed by atoms with Crippen molar-refractivity contribution >= 4 is 52.7 Å². The number of thioether (sulfide) groups is 1. The maximum Gasteiger partial charge on any atom is 0.262 e. The summed E-state index contributed by atoms with van der Waals surface area (Å²) < 4.78 is 18.6. The Balaban J connectivity index is 1.56. The van der Waals surface area contributed by atoms with E-state index in [1.54, 1.807) is 42.3 Å². The highest BCUT2D eigenvalue weighted by molar-refractivity contribution is 8.00. The Morgan fingerprint density at radius 2 is 1.80 bits per heavy atom. The summed E-state index contributed by atoms with van der Waals surface area (Å²) in [5.41, 5.74) is 2.80. The third-order valence-electron chi connectivity index (χ3n) is 5.35. The molecule has 1 fully saturated rings. The first kappa shape index (κ1) is 19.2. The first-order valence-electron chi connectivity index (χ1n) is 9.41. The van der Waals surface area contributed by atoms with Gasteiger partial charge in [0.05, 0.1) is 34.8 Å². The van der Waals surface area contributed by atoms with Crippen molar-refractivity contribution in [2.24, 2.45) is 0 Å². The number of nitrogens with zero attached hydrogens (tertiary/aromatic N) is 1. The third-order valence-corrected chi connectivity index (χ3v) is 8.63. The summed E-state index contributed by atoms with van der Waals surface area (Å²) in [7, 11) is -2.17. The first-order chi connectivity index (χ1) is 14.5. The molecule has 0 spiro atoms. The lowest BCUT2D eigenvalue weighted by Crippen LogP contribution is -2.31. The van der Waals surface area contributed by atoms with Crippen molar-refractivity contribution < 1.29 is 19.0 Å². The molecule has 0 aliphatic carbocycles. The van der Waals surface area contributed by atoms with E-state index in [0.717, 1.165) is 11.3 Å². The van der Waals surface area contributed by atoms with Crippen LogP contribution in [0.2, 0.25) is 0 Å². The Bertz CT molecular complexity index is 1200. The smallest absolute Gasteiger partial charge is 0.262 e. The second-order valence-electron chi connectivity index (χ2n) is 7.12. The summed E-state index contributed by atoms with van der Waals surface area (Å²) in [4.78, 5) is 25.4. The molecule has 0 saturated carbocycles. The highest BCUT2D eigenvalue weighted by atomic mass is 32.2. The van der Waals surface area contributed by atoms with Gasteiger partial charge in [0.25, 0.3) is 7.37 Å². The molecule has 6 nitrogen and oxygen atoms in total. The highest BCUT2D eigenvalue weighted by Gasteiger charge is 2.38. The number of amides is 1. The Labute approximate surface area is 178 Å². The maximum atomic E-state index is 13.3. The topological polar surface area (TPSA) is 78.9 Å². The molecule has 3 aromatic carbocycles. The van der Waals surface area contributed by atoms with Crippen LogP contribution in [0.25, 0.3) is 0 Å². The quantitative estimate of drug-likeness (QED) is 0.607. The number of rotatable bonds is 3. The van der Waals surface area contributed by atoms with E-state index in [0.29, 0.717) is 33.4 Å². The molecule has 2 N–H and O–H groups in total. The van der Waals surface area contributed by atoms with Crippen molar-refractivity contribution in [1.82, 2.24) is 0 Å². The molecule has 8 heteroatoms. The van der Waals surface area contributed by atoms with Crippen LogP contribution in [0.3, 0.4) is 0 Å². The van der Waals surface area contributed by atoms with Gasteiger partial charge >= 0.3 is 0 Å². The molecule has 3 aromatic rings. The zero-order chi connectivity index (χ0) is 20.9. The number of anilines is 3. The molecule has 0 bridgehead atoms. The van der Waals surface area contributed by atoms with Crippen LogP contribution >= 0.6 is 19.1 Å². The van der Waals surface area contributed by atoms with Gasteiger partial charge < -0.3 is 14.9 Å². The van der Waals surface area contributed by atoms with Gasteiger partial charge in [0.1, 0.15) is 11.1 Å². The highest BCUT2D eigenvalue weighted by Crippen LogP contribution is 2.49. The molecule has 152 valence electrons. The number of ether oxygens (including phenoxy) is 1. The predicted molar refractivity (Wildman–Crippen MR) is 121 cm³/mol. The zero-order valence-electron chi connectivity index (χ0n) is 16.1. The fourth-order valence-electron chi connectivity index (χ4n) is 3.86. The molecule has 5 rings (SSSR count). The largest absolute Gasteiger partial charge is 0.497 e. The minimum absolute atomic E-state index is 0.0299. The predicted octanol–water partition coefficient (Wildman–Crippen LogP) is 3.75. The molecular weight excluding hydrogens is 419 g/mol. The summed E-state index contributed by atoms with van der Waals surface area (Å²) in [6.45, 7) is 0. The molecule has 30 heavy (non-hydrogen) atoms. The maximum absolute atomic E-state index is 13.3. The minimum Gasteiger partial charge on any atom is -0.497 e. The minimum atomic E-state index is -3.78. The van der Waals surface area contributed by atoms with Crippen molar-refractivity contribution in [3.63, 3.8) is 0 Å². The number of nitrogens with one attached hydrogen (secondary N) is 1. The third kappa shape index (κ3) is 3.01. The normalized spacial score (nSPS) is 22.3. The van der Waals surface area contributed by atoms with E-state index in [2.05, 4.69) is 5.32 Å². The van der Waals surface area contributed by atoms with Crippen molar-refractivity contribution in [2.75, 3.05) is 23.1 Å². The van der Waals surface area contributed by atoms with E-state index >= 15 is 0 Å². The van der Waals surface area contributed by atoms with E-state index in [1.807, 2.05) is 36.4 Å². The van der Waals surface area contributed by atoms with Gasteiger partial charge in [-0.3, -0.25) is 14.3 Å². The lowest BCUT2D eigenvalue weighted by Gasteiger charge is -2.29. The van der Waals surface area contributed by atoms with E-state index in [4.69, 9.17) is 4.74 Å². The number of para-hydroxylation sites is 1. The van der Waals surface area contributed by atoms with Crippen molar-refractivity contribution in [1.29, 1.82) is 0 Å². The molecule has 1 amide bonds. The van der Waals surface area contributed by atoms with Crippen molar-refractivity contribution in [2.45, 2.75) is 5.37 Å². The van der Waals surface area contributed by atoms with Gasteiger partial charge in [-0.2, -0.15) is 0 Å². The SMILES string of the molecule is COc1ccc(C2SCC(=O)N2c2ccc3c(c2)P(=O)(O)c2ccccc2N3)cc1. The summed E-state index contributed by atoms with van der Waals surface area (Å²) in [6, 6.07) is 19.9. The van der Waals surface area contributed by atoms with Gasteiger partial charge in [0.15, 0.2) is 0 Å². The van der Waals surface area contributed by atoms with Gasteiger partial charge in [-0.1, -0.05) is 24.3 Å². The van der Waals surface area contributed by atoms with E-state index in [-0.39, 0.29) is 11.3 Å². The van der Waals surface area contributed by atoms with Gasteiger partial charge in [0, 0.05) is 5.69 Å². The van der Waals surface area contributed by atoms with Crippen molar-refractivity contribution in [3.8, 4) is 5.75 Å². The molecule has 1 saturated heterocycles. The van der Waals surface area contributed by atoms with Crippen LogP contribution in [-0.2, 0) is 9.36 Å². The molecule has 2 heterocycles. The molecule has 0 aromatic heterocycles. The Morgan fingerprint density at radius 3 is 2.57 bits per heavy atom. The second kappa shape index (κ2) is 7.20. The molecule has 2 atom stereocenters. The van der Waals surface area contributed by atoms with Crippen LogP contribution in [0.1, 0.15) is 10.9 Å². The molecule has 2 aliphatic heterocycles. The monoisotopic (exact) mass is 438 g/mol. The number of hydrogen-bond donors (Lipinski definition) is 2. The summed E-state index contributed by atoms with van der Waals surface area (Å²) in [6.07, 6.45) is 0. The molecular formula is C22H19N2O4PS. The summed E-state index contributed by atoms with van der Waals surface area (Å²) in [5.74, 6) is 1.07.